The molecule has 1 aromatic rings. The Kier molecular flexibility index (Phi) is 2.33. The van der Waals surface area contributed by atoms with E-state index < -0.39 is 0 Å². The minimum absolute atomic E-state index is 0.278. The van der Waals surface area contributed by atoms with Crippen LogP contribution in [0.3, 0.4) is 0 Å². The van der Waals surface area contributed by atoms with Crippen LogP contribution in [0.4, 0.5) is 4.79 Å². The number of azo groups is 1. The Morgan fingerprint density at radius 2 is 2.29 bits per heavy atom. The third-order valence-corrected chi connectivity index (χ3v) is 2.56. The largest absolute Gasteiger partial charge is 0.363 e. The van der Waals surface area contributed by atoms with Crippen LogP contribution in [0.2, 0.25) is 0 Å². The number of nitrogens with zero attached hydrogens (tertiary/aromatic N) is 3. The third-order valence-electron chi connectivity index (χ3n) is 2.07. The van der Waals surface area contributed by atoms with Crippen LogP contribution in [0, 0.1) is 0 Å². The summed E-state index contributed by atoms with van der Waals surface area (Å²) in [6.45, 7) is 0. The fourth-order valence-electron chi connectivity index (χ4n) is 1.31. The van der Waals surface area contributed by atoms with E-state index in [1.165, 1.54) is 4.90 Å². The van der Waals surface area contributed by atoms with E-state index in [0.29, 0.717) is 0 Å². The molecule has 0 radical (unpaired) electrons. The lowest BCUT2D eigenvalue weighted by Gasteiger charge is -2.15. The first kappa shape index (κ1) is 9.33. The molecule has 1 unspecified atom stereocenters. The summed E-state index contributed by atoms with van der Waals surface area (Å²) in [5.41, 5.74) is 0.955. The highest BCUT2D eigenvalue weighted by atomic mass is 79.9. The normalized spacial score (nSPS) is 20.6. The summed E-state index contributed by atoms with van der Waals surface area (Å²) in [6, 6.07) is 7.39. The minimum Gasteiger partial charge on any atom is -0.297 e. The number of benzene rings is 1. The lowest BCUT2D eigenvalue weighted by atomic mass is 10.2. The average molecular weight is 254 g/mol. The molecular formula is C9H8BrN3O. The van der Waals surface area contributed by atoms with Crippen LogP contribution in [0.15, 0.2) is 39.0 Å². The fourth-order valence-corrected chi connectivity index (χ4v) is 1.73. The van der Waals surface area contributed by atoms with E-state index in [0.717, 1.165) is 10.0 Å². The van der Waals surface area contributed by atoms with Crippen LogP contribution in [0.1, 0.15) is 11.7 Å². The second-order valence-electron chi connectivity index (χ2n) is 3.04. The van der Waals surface area contributed by atoms with Gasteiger partial charge in [0.1, 0.15) is 0 Å². The van der Waals surface area contributed by atoms with E-state index in [4.69, 9.17) is 0 Å². The summed E-state index contributed by atoms with van der Waals surface area (Å²) in [6.07, 6.45) is -0.278. The number of hydrogen-bond donors (Lipinski definition) is 0. The van der Waals surface area contributed by atoms with Crippen LogP contribution in [0.25, 0.3) is 0 Å². The zero-order valence-electron chi connectivity index (χ0n) is 7.51. The van der Waals surface area contributed by atoms with Gasteiger partial charge in [-0.1, -0.05) is 33.2 Å². The second kappa shape index (κ2) is 3.49. The van der Waals surface area contributed by atoms with E-state index in [1.54, 1.807) is 7.05 Å². The quantitative estimate of drug-likeness (QED) is 0.759. The highest BCUT2D eigenvalue weighted by Gasteiger charge is 2.26. The van der Waals surface area contributed by atoms with Crippen molar-refractivity contribution in [2.24, 2.45) is 10.2 Å². The predicted molar refractivity (Wildman–Crippen MR) is 54.9 cm³/mol. The van der Waals surface area contributed by atoms with Crippen LogP contribution < -0.4 is 0 Å². The smallest absolute Gasteiger partial charge is 0.297 e. The van der Waals surface area contributed by atoms with E-state index in [9.17, 15) is 4.79 Å². The number of urea groups is 1. The van der Waals surface area contributed by atoms with Crippen molar-refractivity contribution in [2.45, 2.75) is 6.17 Å². The van der Waals surface area contributed by atoms with Crippen LogP contribution in [-0.4, -0.2) is 18.0 Å². The molecule has 1 aliphatic rings. The van der Waals surface area contributed by atoms with Crippen molar-refractivity contribution in [3.63, 3.8) is 0 Å². The molecule has 0 spiro atoms. The molecule has 2 rings (SSSR count). The lowest BCUT2D eigenvalue weighted by Crippen LogP contribution is -2.22. The lowest BCUT2D eigenvalue weighted by molar-refractivity contribution is 0.215. The van der Waals surface area contributed by atoms with Gasteiger partial charge in [0.05, 0.1) is 0 Å². The van der Waals surface area contributed by atoms with Gasteiger partial charge in [-0.05, 0) is 17.7 Å². The summed E-state index contributed by atoms with van der Waals surface area (Å²) in [5.74, 6) is 0. The van der Waals surface area contributed by atoms with Crippen molar-refractivity contribution in [3.05, 3.63) is 34.3 Å². The van der Waals surface area contributed by atoms with Crippen molar-refractivity contribution in [3.8, 4) is 0 Å². The van der Waals surface area contributed by atoms with Crippen LogP contribution in [-0.2, 0) is 0 Å². The molecule has 1 aromatic carbocycles. The maximum Gasteiger partial charge on any atom is 0.363 e. The Morgan fingerprint density at radius 1 is 1.50 bits per heavy atom. The first-order valence-corrected chi connectivity index (χ1v) is 4.91. The molecule has 0 aliphatic carbocycles. The molecule has 0 saturated carbocycles. The van der Waals surface area contributed by atoms with E-state index in [2.05, 4.69) is 26.2 Å². The molecule has 14 heavy (non-hydrogen) atoms. The highest BCUT2D eigenvalue weighted by molar-refractivity contribution is 9.10. The van der Waals surface area contributed by atoms with Crippen molar-refractivity contribution < 1.29 is 4.79 Å². The van der Waals surface area contributed by atoms with Gasteiger partial charge in [-0.2, -0.15) is 5.11 Å². The zero-order chi connectivity index (χ0) is 10.1. The molecule has 0 saturated heterocycles. The van der Waals surface area contributed by atoms with Gasteiger partial charge in [0.15, 0.2) is 6.17 Å². The van der Waals surface area contributed by atoms with Crippen molar-refractivity contribution in [2.75, 3.05) is 7.05 Å². The van der Waals surface area contributed by atoms with Crippen LogP contribution in [0.5, 0.6) is 0 Å². The number of hydrogen-bond acceptors (Lipinski definition) is 2. The molecule has 5 heteroatoms. The number of carbonyl (C=O) groups excluding carboxylic acids is 1. The monoisotopic (exact) mass is 253 g/mol. The van der Waals surface area contributed by atoms with E-state index in [1.807, 2.05) is 24.3 Å². The zero-order valence-corrected chi connectivity index (χ0v) is 9.10. The summed E-state index contributed by atoms with van der Waals surface area (Å²) in [7, 11) is 1.69. The molecule has 0 aromatic heterocycles. The Balaban J connectivity index is 2.33. The average Bonchev–Trinajstić information content (AvgIpc) is 2.48. The van der Waals surface area contributed by atoms with E-state index in [-0.39, 0.29) is 12.2 Å². The molecule has 0 fully saturated rings. The van der Waals surface area contributed by atoms with E-state index >= 15 is 0 Å². The van der Waals surface area contributed by atoms with Gasteiger partial charge in [0.2, 0.25) is 0 Å². The molecule has 0 bridgehead atoms. The van der Waals surface area contributed by atoms with Crippen LogP contribution >= 0.6 is 15.9 Å². The molecule has 1 aliphatic heterocycles. The Hall–Kier alpha value is -1.23. The SMILES string of the molecule is CN1C(=O)N=NC1c1cccc(Br)c1. The Labute approximate surface area is 89.8 Å². The molecule has 0 N–H and O–H groups in total. The van der Waals surface area contributed by atoms with Gasteiger partial charge >= 0.3 is 6.03 Å². The van der Waals surface area contributed by atoms with Gasteiger partial charge in [0.25, 0.3) is 0 Å². The molecule has 2 amide bonds. The van der Waals surface area contributed by atoms with Crippen molar-refractivity contribution >= 4 is 22.0 Å². The Bertz CT molecular complexity index is 405. The predicted octanol–water partition coefficient (Wildman–Crippen LogP) is 2.97. The van der Waals surface area contributed by atoms with Gasteiger partial charge in [-0.25, -0.2) is 4.79 Å². The molecule has 4 nitrogen and oxygen atoms in total. The minimum atomic E-state index is -0.296. The first-order chi connectivity index (χ1) is 6.68. The number of rotatable bonds is 1. The number of amides is 2. The standard InChI is InChI=1S/C9H8BrN3O/c1-13-8(11-12-9(13)14)6-3-2-4-7(10)5-6/h2-5,8H,1H3. The fraction of sp³-hybridized carbons (Fsp3) is 0.222. The van der Waals surface area contributed by atoms with Gasteiger partial charge < -0.3 is 0 Å². The number of carbonyl (C=O) groups is 1. The molecule has 72 valence electrons. The summed E-state index contributed by atoms with van der Waals surface area (Å²) in [4.78, 5) is 12.6. The van der Waals surface area contributed by atoms with Gasteiger partial charge in [-0.3, -0.25) is 4.90 Å². The number of halogens is 1. The summed E-state index contributed by atoms with van der Waals surface area (Å²) in [5, 5.41) is 7.39. The third kappa shape index (κ3) is 1.55. The maximum absolute atomic E-state index is 11.1. The Morgan fingerprint density at radius 3 is 2.86 bits per heavy atom. The van der Waals surface area contributed by atoms with Gasteiger partial charge in [-0.15, -0.1) is 0 Å². The summed E-state index contributed by atoms with van der Waals surface area (Å²) >= 11 is 3.37. The molecular weight excluding hydrogens is 246 g/mol. The topological polar surface area (TPSA) is 45.0 Å². The second-order valence-corrected chi connectivity index (χ2v) is 3.95. The maximum atomic E-state index is 11.1. The molecule has 1 heterocycles. The van der Waals surface area contributed by atoms with Crippen molar-refractivity contribution in [1.82, 2.24) is 4.90 Å². The highest BCUT2D eigenvalue weighted by Crippen LogP contribution is 2.28. The van der Waals surface area contributed by atoms with Gasteiger partial charge in [0, 0.05) is 11.5 Å². The first-order valence-electron chi connectivity index (χ1n) is 4.11. The van der Waals surface area contributed by atoms with Crippen molar-refractivity contribution in [1.29, 1.82) is 0 Å². The molecule has 1 atom stereocenters. The summed E-state index contributed by atoms with van der Waals surface area (Å²) < 4.78 is 0.970.